The second-order valence-corrected chi connectivity index (χ2v) is 17.8. The third-order valence-electron chi connectivity index (χ3n) is 10.8. The fourth-order valence-electron chi connectivity index (χ4n) is 8.28. The van der Waals surface area contributed by atoms with Gasteiger partial charge in [0.05, 0.1) is 11.0 Å². The average molecular weight is 733 g/mol. The van der Waals surface area contributed by atoms with Crippen molar-refractivity contribution in [1.29, 1.82) is 0 Å². The van der Waals surface area contributed by atoms with Crippen molar-refractivity contribution in [2.24, 2.45) is 0 Å². The predicted octanol–water partition coefficient (Wildman–Crippen LogP) is 9.35. The van der Waals surface area contributed by atoms with Gasteiger partial charge >= 0.3 is 0 Å². The van der Waals surface area contributed by atoms with Crippen LogP contribution in [0.15, 0.2) is 218 Å². The monoisotopic (exact) mass is 732 g/mol. The van der Waals surface area contributed by atoms with Gasteiger partial charge < -0.3 is 0 Å². The van der Waals surface area contributed by atoms with Crippen molar-refractivity contribution in [1.82, 2.24) is 19.5 Å². The SMILES string of the molecule is c1ccc(-c2cccc([Si](c3ccccc3)(c3ccccc3)c3cccc(-c4nc(-c5ccccc5)nc(-n5c6ccccc6c6ccccc65)n4)c3)c2)cc1. The quantitative estimate of drug-likeness (QED) is 0.116. The van der Waals surface area contributed by atoms with E-state index in [1.54, 1.807) is 0 Å². The fourth-order valence-corrected chi connectivity index (χ4v) is 13.1. The van der Waals surface area contributed by atoms with Gasteiger partial charge in [0.1, 0.15) is 0 Å². The van der Waals surface area contributed by atoms with Gasteiger partial charge in [-0.15, -0.1) is 0 Å². The maximum atomic E-state index is 5.32. The predicted molar refractivity (Wildman–Crippen MR) is 234 cm³/mol. The van der Waals surface area contributed by atoms with E-state index in [2.05, 4.69) is 205 Å². The fraction of sp³-hybridized carbons (Fsp3) is 0. The molecule has 0 unspecified atom stereocenters. The molecule has 0 atom stereocenters. The Balaban J connectivity index is 1.24. The summed E-state index contributed by atoms with van der Waals surface area (Å²) >= 11 is 0. The van der Waals surface area contributed by atoms with E-state index in [0.29, 0.717) is 17.6 Å². The molecule has 8 aromatic carbocycles. The molecular formula is C51H36N4Si. The minimum Gasteiger partial charge on any atom is -0.278 e. The van der Waals surface area contributed by atoms with Crippen LogP contribution in [-0.2, 0) is 0 Å². The van der Waals surface area contributed by atoms with Crippen LogP contribution in [0.4, 0.5) is 0 Å². The van der Waals surface area contributed by atoms with E-state index in [-0.39, 0.29) is 0 Å². The number of hydrogen-bond acceptors (Lipinski definition) is 3. The van der Waals surface area contributed by atoms with Gasteiger partial charge in [0.25, 0.3) is 0 Å². The Kier molecular flexibility index (Phi) is 8.47. The first-order valence-electron chi connectivity index (χ1n) is 19.0. The van der Waals surface area contributed by atoms with Crippen LogP contribution in [0, 0.1) is 0 Å². The molecule has 264 valence electrons. The molecule has 0 fully saturated rings. The van der Waals surface area contributed by atoms with Gasteiger partial charge in [0.15, 0.2) is 19.7 Å². The summed E-state index contributed by atoms with van der Waals surface area (Å²) in [6.45, 7) is 0. The molecule has 10 rings (SSSR count). The second kappa shape index (κ2) is 14.2. The zero-order chi connectivity index (χ0) is 37.3. The first-order chi connectivity index (χ1) is 27.8. The second-order valence-electron chi connectivity index (χ2n) is 14.0. The summed E-state index contributed by atoms with van der Waals surface area (Å²) in [7, 11) is -2.92. The largest absolute Gasteiger partial charge is 0.278 e. The third kappa shape index (κ3) is 5.73. The Labute approximate surface area is 327 Å². The molecule has 0 saturated carbocycles. The molecule has 0 radical (unpaired) electrons. The van der Waals surface area contributed by atoms with Crippen molar-refractivity contribution in [2.75, 3.05) is 0 Å². The molecule has 0 aliphatic heterocycles. The highest BCUT2D eigenvalue weighted by Crippen LogP contribution is 2.32. The lowest BCUT2D eigenvalue weighted by atomic mass is 10.1. The van der Waals surface area contributed by atoms with E-state index in [1.807, 2.05) is 18.2 Å². The van der Waals surface area contributed by atoms with E-state index in [9.17, 15) is 0 Å². The summed E-state index contributed by atoms with van der Waals surface area (Å²) in [6, 6.07) is 78.0. The number of nitrogens with zero attached hydrogens (tertiary/aromatic N) is 4. The summed E-state index contributed by atoms with van der Waals surface area (Å²) in [5.74, 6) is 1.84. The van der Waals surface area contributed by atoms with Crippen LogP contribution in [0.5, 0.6) is 0 Å². The molecule has 0 amide bonds. The van der Waals surface area contributed by atoms with Gasteiger partial charge in [-0.3, -0.25) is 4.57 Å². The normalized spacial score (nSPS) is 11.6. The maximum absolute atomic E-state index is 5.32. The molecule has 2 aromatic heterocycles. The van der Waals surface area contributed by atoms with Crippen LogP contribution in [0.3, 0.4) is 0 Å². The van der Waals surface area contributed by atoms with Gasteiger partial charge in [-0.2, -0.15) is 9.97 Å². The van der Waals surface area contributed by atoms with E-state index in [1.165, 1.54) is 31.9 Å². The summed E-state index contributed by atoms with van der Waals surface area (Å²) in [4.78, 5) is 15.7. The van der Waals surface area contributed by atoms with Crippen LogP contribution in [0.1, 0.15) is 0 Å². The van der Waals surface area contributed by atoms with Crippen molar-refractivity contribution >= 4 is 50.6 Å². The summed E-state index contributed by atoms with van der Waals surface area (Å²) in [6.07, 6.45) is 0. The number of fused-ring (bicyclic) bond motifs is 3. The molecule has 0 N–H and O–H groups in total. The smallest absolute Gasteiger partial charge is 0.238 e. The lowest BCUT2D eigenvalue weighted by molar-refractivity contribution is 0.953. The topological polar surface area (TPSA) is 43.6 Å². The van der Waals surface area contributed by atoms with Crippen LogP contribution in [0.2, 0.25) is 0 Å². The zero-order valence-electron chi connectivity index (χ0n) is 30.6. The van der Waals surface area contributed by atoms with Crippen molar-refractivity contribution in [3.8, 4) is 39.9 Å². The Morgan fingerprint density at radius 3 is 1.25 bits per heavy atom. The van der Waals surface area contributed by atoms with E-state index >= 15 is 0 Å². The molecule has 0 spiro atoms. The maximum Gasteiger partial charge on any atom is 0.238 e. The number of rotatable bonds is 8. The standard InChI is InChI=1S/C51H36N4Si/c1-5-19-37(20-6-1)39-23-17-29-43(35-39)56(41-25-9-3-10-26-41,42-27-11-4-12-28-42)44-30-18-24-40(36-44)50-52-49(38-21-7-2-8-22-38)53-51(54-50)55-47-33-15-13-31-45(47)46-32-14-16-34-48(46)55/h1-36H. The summed E-state index contributed by atoms with van der Waals surface area (Å²) in [5, 5.41) is 7.48. The summed E-state index contributed by atoms with van der Waals surface area (Å²) < 4.78 is 2.17. The van der Waals surface area contributed by atoms with E-state index in [4.69, 9.17) is 15.0 Å². The molecule has 0 bridgehead atoms. The number of hydrogen-bond donors (Lipinski definition) is 0. The molecule has 5 heteroatoms. The van der Waals surface area contributed by atoms with Gasteiger partial charge in [-0.25, -0.2) is 4.98 Å². The highest BCUT2D eigenvalue weighted by atomic mass is 28.3. The number of benzene rings is 8. The Bertz CT molecular complexity index is 2870. The van der Waals surface area contributed by atoms with Gasteiger partial charge in [0.2, 0.25) is 5.95 Å². The van der Waals surface area contributed by atoms with Gasteiger partial charge in [0, 0.05) is 21.9 Å². The Hall–Kier alpha value is -7.21. The molecule has 0 saturated heterocycles. The van der Waals surface area contributed by atoms with Crippen LogP contribution in [0.25, 0.3) is 61.7 Å². The molecule has 4 nitrogen and oxygen atoms in total. The molecule has 10 aromatic rings. The first-order valence-corrected chi connectivity index (χ1v) is 21.0. The highest BCUT2D eigenvalue weighted by molar-refractivity contribution is 7.20. The lowest BCUT2D eigenvalue weighted by Crippen LogP contribution is -2.74. The molecule has 0 aliphatic rings. The van der Waals surface area contributed by atoms with Crippen LogP contribution in [-0.4, -0.2) is 27.6 Å². The zero-order valence-corrected chi connectivity index (χ0v) is 31.6. The minimum absolute atomic E-state index is 0.585. The minimum atomic E-state index is -2.92. The third-order valence-corrected chi connectivity index (χ3v) is 15.6. The van der Waals surface area contributed by atoms with Crippen LogP contribution >= 0.6 is 0 Å². The van der Waals surface area contributed by atoms with Gasteiger partial charge in [-0.05, 0) is 44.0 Å². The summed E-state index contributed by atoms with van der Waals surface area (Å²) in [5.41, 5.74) is 6.37. The van der Waals surface area contributed by atoms with E-state index < -0.39 is 8.07 Å². The molecule has 56 heavy (non-hydrogen) atoms. The van der Waals surface area contributed by atoms with Crippen molar-refractivity contribution in [2.45, 2.75) is 0 Å². The van der Waals surface area contributed by atoms with Crippen molar-refractivity contribution in [3.05, 3.63) is 218 Å². The average Bonchev–Trinajstić information content (AvgIpc) is 3.63. The molecular weight excluding hydrogens is 697 g/mol. The Morgan fingerprint density at radius 2 is 0.696 bits per heavy atom. The molecule has 2 heterocycles. The van der Waals surface area contributed by atoms with Crippen molar-refractivity contribution < 1.29 is 0 Å². The highest BCUT2D eigenvalue weighted by Gasteiger charge is 2.41. The first kappa shape index (κ1) is 33.4. The van der Waals surface area contributed by atoms with Gasteiger partial charge in [-0.1, -0.05) is 206 Å². The van der Waals surface area contributed by atoms with Crippen LogP contribution < -0.4 is 20.7 Å². The lowest BCUT2D eigenvalue weighted by Gasteiger charge is -2.35. The van der Waals surface area contributed by atoms with Crippen molar-refractivity contribution in [3.63, 3.8) is 0 Å². The number of aromatic nitrogens is 4. The number of para-hydroxylation sites is 2. The Morgan fingerprint density at radius 1 is 0.304 bits per heavy atom. The van der Waals surface area contributed by atoms with E-state index in [0.717, 1.165) is 32.9 Å². The molecule has 0 aliphatic carbocycles.